The van der Waals surface area contributed by atoms with E-state index in [0.717, 1.165) is 37.3 Å². The Morgan fingerprint density at radius 2 is 2.07 bits per heavy atom. The first-order valence-corrected chi connectivity index (χ1v) is 13.8. The largest absolute Gasteiger partial charge is 0.477 e. The average Bonchev–Trinajstić information content (AvgIpc) is 2.94. The molecule has 0 aromatic carbocycles. The topological polar surface area (TPSA) is 147 Å². The van der Waals surface area contributed by atoms with Gasteiger partial charge in [-0.25, -0.2) is 33.3 Å². The van der Waals surface area contributed by atoms with E-state index in [1.54, 1.807) is 11.8 Å². The number of ether oxygens (including phenoxy) is 2. The number of urea groups is 1. The van der Waals surface area contributed by atoms with Crippen LogP contribution in [0.3, 0.4) is 0 Å². The van der Waals surface area contributed by atoms with Crippen LogP contribution in [0.2, 0.25) is 0 Å². The Hall–Kier alpha value is -3.88. The van der Waals surface area contributed by atoms with Crippen LogP contribution in [-0.4, -0.2) is 94.9 Å². The number of hydrogen-bond acceptors (Lipinski definition) is 10. The smallest absolute Gasteiger partial charge is 0.413 e. The molecule has 0 spiro atoms. The van der Waals surface area contributed by atoms with Crippen molar-refractivity contribution in [3.05, 3.63) is 24.7 Å². The van der Waals surface area contributed by atoms with Gasteiger partial charge in [0.2, 0.25) is 11.8 Å². The maximum Gasteiger partial charge on any atom is 0.413 e. The van der Waals surface area contributed by atoms with Crippen LogP contribution in [0.5, 0.6) is 5.88 Å². The Morgan fingerprint density at radius 1 is 1.24 bits per heavy atom. The molecule has 3 amide bonds. The van der Waals surface area contributed by atoms with Crippen molar-refractivity contribution in [2.24, 2.45) is 5.92 Å². The van der Waals surface area contributed by atoms with Crippen LogP contribution in [0.25, 0.3) is 0 Å². The van der Waals surface area contributed by atoms with Crippen molar-refractivity contribution in [3.8, 4) is 5.88 Å². The van der Waals surface area contributed by atoms with Crippen molar-refractivity contribution in [2.45, 2.75) is 57.6 Å². The molecule has 224 valence electrons. The summed E-state index contributed by atoms with van der Waals surface area (Å²) in [6.07, 6.45) is 5.56. The van der Waals surface area contributed by atoms with Crippen LogP contribution >= 0.6 is 0 Å². The number of piperidine rings is 2. The van der Waals surface area contributed by atoms with Crippen LogP contribution in [0.4, 0.5) is 36.0 Å². The Bertz CT molecular complexity index is 1170. The maximum atomic E-state index is 15.0. The Morgan fingerprint density at radius 3 is 2.78 bits per heavy atom. The first kappa shape index (κ1) is 30.1. The van der Waals surface area contributed by atoms with E-state index in [-0.39, 0.29) is 42.7 Å². The van der Waals surface area contributed by atoms with E-state index in [0.29, 0.717) is 12.5 Å². The minimum Gasteiger partial charge on any atom is -0.477 e. The van der Waals surface area contributed by atoms with Crippen LogP contribution in [0.15, 0.2) is 24.7 Å². The molecule has 4 heterocycles. The monoisotopic (exact) mass is 577 g/mol. The highest BCUT2D eigenvalue weighted by Crippen LogP contribution is 2.33. The summed E-state index contributed by atoms with van der Waals surface area (Å²) in [5.41, 5.74) is 0. The standard InChI is InChI=1S/C26H37F2N9O4/c1-4-40-22-15-31-21(14-32-22)34-24(38)36(3)19-16-37(11-8-26(19,27)28)23-30-10-7-20(33-23)35-25(39)41-17(2)12-18-6-5-9-29-13-18/h7,10,14-15,17-19,29H,4-6,8-9,11-13,16H2,1-3H3,(H,31,34,38)(H,30,33,35,39). The number of nitrogens with one attached hydrogen (secondary N) is 3. The lowest BCUT2D eigenvalue weighted by atomic mass is 9.94. The van der Waals surface area contributed by atoms with Gasteiger partial charge < -0.3 is 24.6 Å². The van der Waals surface area contributed by atoms with E-state index in [1.165, 1.54) is 31.7 Å². The summed E-state index contributed by atoms with van der Waals surface area (Å²) in [7, 11) is 1.29. The zero-order chi connectivity index (χ0) is 29.4. The number of likely N-dealkylation sites (N-methyl/N-ethyl adjacent to an activating group) is 1. The van der Waals surface area contributed by atoms with Crippen LogP contribution in [-0.2, 0) is 4.74 Å². The van der Waals surface area contributed by atoms with Gasteiger partial charge in [-0.2, -0.15) is 4.98 Å². The molecule has 2 fully saturated rings. The number of halogens is 2. The van der Waals surface area contributed by atoms with Gasteiger partial charge in [-0.15, -0.1) is 0 Å². The molecule has 2 aliphatic heterocycles. The van der Waals surface area contributed by atoms with E-state index in [2.05, 4.69) is 35.9 Å². The summed E-state index contributed by atoms with van der Waals surface area (Å²) < 4.78 is 40.7. The second kappa shape index (κ2) is 13.7. The molecule has 0 bridgehead atoms. The normalized spacial score (nSPS) is 21.0. The Kier molecular flexibility index (Phi) is 10.0. The number of aromatic nitrogens is 4. The van der Waals surface area contributed by atoms with Gasteiger partial charge in [0.1, 0.15) is 18.0 Å². The van der Waals surface area contributed by atoms with E-state index < -0.39 is 30.5 Å². The lowest BCUT2D eigenvalue weighted by molar-refractivity contribution is -0.0760. The third-order valence-corrected chi connectivity index (χ3v) is 7.07. The highest BCUT2D eigenvalue weighted by molar-refractivity contribution is 5.88. The number of hydrogen-bond donors (Lipinski definition) is 3. The van der Waals surface area contributed by atoms with Crippen LogP contribution in [0, 0.1) is 5.92 Å². The predicted molar refractivity (Wildman–Crippen MR) is 147 cm³/mol. The molecule has 15 heteroatoms. The fourth-order valence-electron chi connectivity index (χ4n) is 4.94. The molecule has 2 saturated heterocycles. The fraction of sp³-hybridized carbons (Fsp3) is 0.615. The zero-order valence-corrected chi connectivity index (χ0v) is 23.5. The SMILES string of the molecule is CCOc1cnc(NC(=O)N(C)C2CN(c3nccc(NC(=O)OC(C)CC4CCCNC4)n3)CCC2(F)F)cn1. The highest BCUT2D eigenvalue weighted by atomic mass is 19.3. The second-order valence-corrected chi connectivity index (χ2v) is 10.2. The molecule has 2 aromatic rings. The van der Waals surface area contributed by atoms with E-state index in [1.807, 2.05) is 6.92 Å². The van der Waals surface area contributed by atoms with Crippen molar-refractivity contribution in [3.63, 3.8) is 0 Å². The lowest BCUT2D eigenvalue weighted by Crippen LogP contribution is -2.60. The number of alkyl halides is 2. The summed E-state index contributed by atoms with van der Waals surface area (Å²) in [5.74, 6) is -1.99. The molecule has 0 saturated carbocycles. The van der Waals surface area contributed by atoms with Crippen molar-refractivity contribution in [1.29, 1.82) is 0 Å². The number of carbonyl (C=O) groups excluding carboxylic acids is 2. The van der Waals surface area contributed by atoms with Gasteiger partial charge in [0.25, 0.3) is 5.92 Å². The number of nitrogens with zero attached hydrogens (tertiary/aromatic N) is 6. The molecule has 2 aromatic heterocycles. The summed E-state index contributed by atoms with van der Waals surface area (Å²) in [6.45, 7) is 5.70. The summed E-state index contributed by atoms with van der Waals surface area (Å²) in [5, 5.41) is 8.43. The van der Waals surface area contributed by atoms with Gasteiger partial charge in [-0.3, -0.25) is 10.6 Å². The van der Waals surface area contributed by atoms with Crippen molar-refractivity contribution >= 4 is 29.7 Å². The molecule has 0 radical (unpaired) electrons. The first-order valence-electron chi connectivity index (χ1n) is 13.8. The molecule has 0 aliphatic carbocycles. The molecular formula is C26H37F2N9O4. The van der Waals surface area contributed by atoms with Gasteiger partial charge >= 0.3 is 12.1 Å². The van der Waals surface area contributed by atoms with Crippen LogP contribution < -0.4 is 25.6 Å². The summed E-state index contributed by atoms with van der Waals surface area (Å²) in [6, 6.07) is -0.757. The Balaban J connectivity index is 1.35. The Labute approximate surface area is 237 Å². The van der Waals surface area contributed by atoms with E-state index >= 15 is 0 Å². The molecule has 4 rings (SSSR count). The molecule has 3 unspecified atom stereocenters. The van der Waals surface area contributed by atoms with Gasteiger partial charge in [0.05, 0.1) is 19.0 Å². The van der Waals surface area contributed by atoms with Crippen LogP contribution in [0.1, 0.15) is 39.5 Å². The molecule has 3 N–H and O–H groups in total. The van der Waals surface area contributed by atoms with Crippen molar-refractivity contribution in [1.82, 2.24) is 30.2 Å². The second-order valence-electron chi connectivity index (χ2n) is 10.2. The third-order valence-electron chi connectivity index (χ3n) is 7.07. The minimum atomic E-state index is -3.16. The van der Waals surface area contributed by atoms with E-state index in [9.17, 15) is 18.4 Å². The van der Waals surface area contributed by atoms with E-state index in [4.69, 9.17) is 9.47 Å². The van der Waals surface area contributed by atoms with Crippen molar-refractivity contribution in [2.75, 3.05) is 55.4 Å². The summed E-state index contributed by atoms with van der Waals surface area (Å²) in [4.78, 5) is 44.4. The highest BCUT2D eigenvalue weighted by Gasteiger charge is 2.48. The lowest BCUT2D eigenvalue weighted by Gasteiger charge is -2.42. The number of amides is 3. The fourth-order valence-corrected chi connectivity index (χ4v) is 4.94. The van der Waals surface area contributed by atoms with Gasteiger partial charge in [0, 0.05) is 32.8 Å². The number of anilines is 3. The third kappa shape index (κ3) is 8.31. The molecule has 41 heavy (non-hydrogen) atoms. The van der Waals surface area contributed by atoms with Gasteiger partial charge in [-0.05, 0) is 58.2 Å². The summed E-state index contributed by atoms with van der Waals surface area (Å²) >= 11 is 0. The number of rotatable bonds is 9. The molecule has 3 atom stereocenters. The molecule has 2 aliphatic rings. The predicted octanol–water partition coefficient (Wildman–Crippen LogP) is 3.37. The molecular weight excluding hydrogens is 540 g/mol. The van der Waals surface area contributed by atoms with Crippen molar-refractivity contribution < 1.29 is 27.8 Å². The average molecular weight is 578 g/mol. The van der Waals surface area contributed by atoms with Gasteiger partial charge in [0.15, 0.2) is 5.82 Å². The van der Waals surface area contributed by atoms with Gasteiger partial charge in [-0.1, -0.05) is 0 Å². The molecule has 13 nitrogen and oxygen atoms in total. The first-order chi connectivity index (χ1) is 19.6. The quantitative estimate of drug-likeness (QED) is 0.405. The minimum absolute atomic E-state index is 0.0380. The number of carbonyl (C=O) groups is 2. The maximum absolute atomic E-state index is 15.0. The zero-order valence-electron chi connectivity index (χ0n) is 23.5.